The largest absolute Gasteiger partial charge is 0.416 e. The Hall–Kier alpha value is -1.90. The van der Waals surface area contributed by atoms with Gasteiger partial charge in [-0.3, -0.25) is 0 Å². The molecule has 0 fully saturated rings. The van der Waals surface area contributed by atoms with Gasteiger partial charge in [0.05, 0.1) is 11.3 Å². The van der Waals surface area contributed by atoms with Crippen LogP contribution in [-0.2, 0) is 22.0 Å². The number of hydrogen-bond donors (Lipinski definition) is 2. The Morgan fingerprint density at radius 1 is 1.00 bits per heavy atom. The molecule has 0 bridgehead atoms. The molecule has 0 aliphatic heterocycles. The van der Waals surface area contributed by atoms with Gasteiger partial charge in [0.15, 0.2) is 0 Å². The van der Waals surface area contributed by atoms with E-state index in [4.69, 9.17) is 5.73 Å². The quantitative estimate of drug-likeness (QED) is 0.834. The third-order valence-corrected chi connectivity index (χ3v) is 4.72. The number of rotatable bonds is 6. The van der Waals surface area contributed by atoms with Gasteiger partial charge in [0.25, 0.3) is 0 Å². The second kappa shape index (κ2) is 7.33. The molecule has 1 atom stereocenters. The molecular formula is C16H17F3N2O2S. The van der Waals surface area contributed by atoms with Gasteiger partial charge in [-0.2, -0.15) is 13.2 Å². The number of alkyl halides is 3. The second-order valence-electron chi connectivity index (χ2n) is 5.28. The van der Waals surface area contributed by atoms with Crippen LogP contribution in [0, 0.1) is 0 Å². The number of halogens is 3. The van der Waals surface area contributed by atoms with Crippen molar-refractivity contribution in [1.29, 1.82) is 0 Å². The van der Waals surface area contributed by atoms with Crippen molar-refractivity contribution in [2.45, 2.75) is 18.0 Å². The Kier molecular flexibility index (Phi) is 5.63. The molecule has 1 unspecified atom stereocenters. The molecule has 2 aromatic carbocycles. The van der Waals surface area contributed by atoms with Crippen LogP contribution in [-0.4, -0.2) is 15.0 Å². The summed E-state index contributed by atoms with van der Waals surface area (Å²) in [6, 6.07) is 12.9. The molecule has 24 heavy (non-hydrogen) atoms. The topological polar surface area (TPSA) is 72.2 Å². The Morgan fingerprint density at radius 3 is 2.21 bits per heavy atom. The standard InChI is InChI=1S/C16H17F3N2O2S/c17-16(18,19)14-9-5-4-8-13(14)11-24(22,23)21-10-15(20)12-6-2-1-3-7-12/h1-9,15,21H,10-11,20H2. The van der Waals surface area contributed by atoms with E-state index in [1.165, 1.54) is 12.1 Å². The molecular weight excluding hydrogens is 341 g/mol. The molecule has 3 N–H and O–H groups in total. The van der Waals surface area contributed by atoms with Gasteiger partial charge in [0, 0.05) is 12.6 Å². The smallest absolute Gasteiger partial charge is 0.323 e. The zero-order valence-corrected chi connectivity index (χ0v) is 13.4. The normalized spacial score (nSPS) is 13.7. The summed E-state index contributed by atoms with van der Waals surface area (Å²) in [6.45, 7) is -0.0967. The monoisotopic (exact) mass is 358 g/mol. The molecule has 0 aromatic heterocycles. The molecule has 2 aromatic rings. The van der Waals surface area contributed by atoms with Crippen LogP contribution in [0.3, 0.4) is 0 Å². The summed E-state index contributed by atoms with van der Waals surface area (Å²) < 4.78 is 65.2. The lowest BCUT2D eigenvalue weighted by Crippen LogP contribution is -2.33. The van der Waals surface area contributed by atoms with Crippen LogP contribution >= 0.6 is 0 Å². The highest BCUT2D eigenvalue weighted by atomic mass is 32.2. The van der Waals surface area contributed by atoms with Crippen LogP contribution in [0.25, 0.3) is 0 Å². The van der Waals surface area contributed by atoms with E-state index in [1.807, 2.05) is 0 Å². The number of hydrogen-bond acceptors (Lipinski definition) is 3. The Balaban J connectivity index is 2.07. The summed E-state index contributed by atoms with van der Waals surface area (Å²) in [5.74, 6) is -0.760. The van der Waals surface area contributed by atoms with Gasteiger partial charge in [0.1, 0.15) is 0 Å². The van der Waals surface area contributed by atoms with E-state index in [0.29, 0.717) is 0 Å². The SMILES string of the molecule is NC(CNS(=O)(=O)Cc1ccccc1C(F)(F)F)c1ccccc1. The van der Waals surface area contributed by atoms with Crippen molar-refractivity contribution in [3.8, 4) is 0 Å². The molecule has 0 aliphatic carbocycles. The molecule has 0 spiro atoms. The molecule has 4 nitrogen and oxygen atoms in total. The fraction of sp³-hybridized carbons (Fsp3) is 0.250. The van der Waals surface area contributed by atoms with Crippen LogP contribution in [0.15, 0.2) is 54.6 Å². The van der Waals surface area contributed by atoms with Gasteiger partial charge in [0.2, 0.25) is 10.0 Å². The van der Waals surface area contributed by atoms with Crippen molar-refractivity contribution in [2.24, 2.45) is 5.73 Å². The molecule has 0 radical (unpaired) electrons. The lowest BCUT2D eigenvalue weighted by molar-refractivity contribution is -0.138. The van der Waals surface area contributed by atoms with E-state index in [2.05, 4.69) is 4.72 Å². The maximum Gasteiger partial charge on any atom is 0.416 e. The number of nitrogens with one attached hydrogen (secondary N) is 1. The fourth-order valence-electron chi connectivity index (χ4n) is 2.21. The van der Waals surface area contributed by atoms with Gasteiger partial charge in [-0.05, 0) is 17.2 Å². The van der Waals surface area contributed by atoms with Crippen molar-refractivity contribution in [3.63, 3.8) is 0 Å². The highest BCUT2D eigenvalue weighted by Gasteiger charge is 2.34. The van der Waals surface area contributed by atoms with E-state index >= 15 is 0 Å². The summed E-state index contributed by atoms with van der Waals surface area (Å²) in [5, 5.41) is 0. The molecule has 0 amide bonds. The third-order valence-electron chi connectivity index (χ3n) is 3.42. The Labute approximate surface area is 138 Å². The van der Waals surface area contributed by atoms with Crippen molar-refractivity contribution in [3.05, 3.63) is 71.3 Å². The second-order valence-corrected chi connectivity index (χ2v) is 7.09. The van der Waals surface area contributed by atoms with E-state index in [9.17, 15) is 21.6 Å². The minimum absolute atomic E-state index is 0.0967. The third kappa shape index (κ3) is 5.05. The predicted molar refractivity (Wildman–Crippen MR) is 85.4 cm³/mol. The fourth-order valence-corrected chi connectivity index (χ4v) is 3.41. The van der Waals surface area contributed by atoms with Gasteiger partial charge in [-0.25, -0.2) is 13.1 Å². The number of sulfonamides is 1. The average molecular weight is 358 g/mol. The summed E-state index contributed by atoms with van der Waals surface area (Å²) in [6.07, 6.45) is -4.60. The van der Waals surface area contributed by atoms with Gasteiger partial charge < -0.3 is 5.73 Å². The molecule has 130 valence electrons. The molecule has 0 saturated carbocycles. The maximum absolute atomic E-state index is 12.9. The van der Waals surface area contributed by atoms with E-state index in [-0.39, 0.29) is 12.1 Å². The van der Waals surface area contributed by atoms with E-state index in [1.54, 1.807) is 30.3 Å². The molecule has 0 aliphatic rings. The molecule has 8 heteroatoms. The van der Waals surface area contributed by atoms with Gasteiger partial charge in [-0.15, -0.1) is 0 Å². The van der Waals surface area contributed by atoms with Crippen LogP contribution in [0.4, 0.5) is 13.2 Å². The van der Waals surface area contributed by atoms with Crippen molar-refractivity contribution in [1.82, 2.24) is 4.72 Å². The van der Waals surface area contributed by atoms with Crippen LogP contribution in [0.5, 0.6) is 0 Å². The highest BCUT2D eigenvalue weighted by Crippen LogP contribution is 2.32. The van der Waals surface area contributed by atoms with E-state index in [0.717, 1.165) is 17.7 Å². The summed E-state index contributed by atoms with van der Waals surface area (Å²) >= 11 is 0. The number of nitrogens with two attached hydrogens (primary N) is 1. The number of benzene rings is 2. The van der Waals surface area contributed by atoms with Gasteiger partial charge >= 0.3 is 6.18 Å². The maximum atomic E-state index is 12.9. The zero-order valence-electron chi connectivity index (χ0n) is 12.6. The lowest BCUT2D eigenvalue weighted by Gasteiger charge is -2.15. The van der Waals surface area contributed by atoms with Crippen LogP contribution < -0.4 is 10.5 Å². The first-order valence-corrected chi connectivity index (χ1v) is 8.77. The minimum atomic E-state index is -4.60. The molecule has 0 saturated heterocycles. The van der Waals surface area contributed by atoms with E-state index < -0.39 is 33.6 Å². The molecule has 0 heterocycles. The summed E-state index contributed by atoms with van der Waals surface area (Å²) in [4.78, 5) is 0. The summed E-state index contributed by atoms with van der Waals surface area (Å²) in [7, 11) is -3.95. The van der Waals surface area contributed by atoms with Crippen molar-refractivity contribution < 1.29 is 21.6 Å². The Morgan fingerprint density at radius 2 is 1.58 bits per heavy atom. The minimum Gasteiger partial charge on any atom is -0.323 e. The zero-order chi connectivity index (χ0) is 17.8. The molecule has 2 rings (SSSR count). The summed E-state index contributed by atoms with van der Waals surface area (Å²) in [5.41, 5.74) is 5.36. The first kappa shape index (κ1) is 18.4. The average Bonchev–Trinajstić information content (AvgIpc) is 2.52. The predicted octanol–water partition coefficient (Wildman–Crippen LogP) is 2.82. The first-order chi connectivity index (χ1) is 11.2. The Bertz CT molecular complexity index is 777. The van der Waals surface area contributed by atoms with Crippen LogP contribution in [0.2, 0.25) is 0 Å². The van der Waals surface area contributed by atoms with Crippen molar-refractivity contribution >= 4 is 10.0 Å². The highest BCUT2D eigenvalue weighted by molar-refractivity contribution is 7.88. The lowest BCUT2D eigenvalue weighted by atomic mass is 10.1. The van der Waals surface area contributed by atoms with Crippen molar-refractivity contribution in [2.75, 3.05) is 6.54 Å². The van der Waals surface area contributed by atoms with Crippen LogP contribution in [0.1, 0.15) is 22.7 Å². The first-order valence-electron chi connectivity index (χ1n) is 7.12. The van der Waals surface area contributed by atoms with Gasteiger partial charge in [-0.1, -0.05) is 48.5 Å².